The predicted molar refractivity (Wildman–Crippen MR) is 114 cm³/mol. The summed E-state index contributed by atoms with van der Waals surface area (Å²) in [4.78, 5) is 15.1. The second kappa shape index (κ2) is 9.76. The molecule has 0 amide bonds. The number of nitrogens with zero attached hydrogens (tertiary/aromatic N) is 4. The molecule has 1 aliphatic heterocycles. The molecule has 8 nitrogen and oxygen atoms in total. The quantitative estimate of drug-likeness (QED) is 0.548. The molecule has 0 saturated carbocycles. The van der Waals surface area contributed by atoms with E-state index in [0.717, 1.165) is 44.0 Å². The highest BCUT2D eigenvalue weighted by Gasteiger charge is 2.15. The molecule has 1 fully saturated rings. The lowest BCUT2D eigenvalue weighted by Crippen LogP contribution is -2.38. The van der Waals surface area contributed by atoms with Gasteiger partial charge in [0.15, 0.2) is 0 Å². The highest BCUT2D eigenvalue weighted by molar-refractivity contribution is 5.68. The van der Waals surface area contributed by atoms with Crippen LogP contribution in [-0.2, 0) is 11.8 Å². The Bertz CT molecular complexity index is 1060. The number of aromatic nitrogens is 3. The summed E-state index contributed by atoms with van der Waals surface area (Å²) in [6, 6.07) is 8.15. The van der Waals surface area contributed by atoms with Gasteiger partial charge in [0.05, 0.1) is 19.4 Å². The summed E-state index contributed by atoms with van der Waals surface area (Å²) < 4.78 is 31.8. The van der Waals surface area contributed by atoms with Crippen molar-refractivity contribution in [3.8, 4) is 28.3 Å². The average Bonchev–Trinajstić information content (AvgIpc) is 3.22. The van der Waals surface area contributed by atoms with Crippen LogP contribution in [0.1, 0.15) is 0 Å². The standard InChI is InChI=1S/C22H25FN4O4/c1-25-14-17(13-24-25)20-15-27(18-2-4-19(5-3-18)31-16-23)22(28)12-21(20)30-11-8-26-6-9-29-10-7-26/h2-5,12-15H,6-11,16H2,1H3. The zero-order chi connectivity index (χ0) is 21.6. The first-order valence-corrected chi connectivity index (χ1v) is 10.1. The topological polar surface area (TPSA) is 70.8 Å². The van der Waals surface area contributed by atoms with Gasteiger partial charge in [-0.25, -0.2) is 4.39 Å². The van der Waals surface area contributed by atoms with Gasteiger partial charge >= 0.3 is 0 Å². The lowest BCUT2D eigenvalue weighted by atomic mass is 10.1. The molecule has 1 aliphatic rings. The molecule has 0 atom stereocenters. The molecular formula is C22H25FN4O4. The monoisotopic (exact) mass is 428 g/mol. The number of halogens is 1. The van der Waals surface area contributed by atoms with E-state index >= 15 is 0 Å². The second-order valence-electron chi connectivity index (χ2n) is 7.21. The molecule has 2 aromatic heterocycles. The Morgan fingerprint density at radius 2 is 1.90 bits per heavy atom. The first-order valence-electron chi connectivity index (χ1n) is 10.1. The minimum atomic E-state index is -0.902. The largest absolute Gasteiger partial charge is 0.491 e. The average molecular weight is 428 g/mol. The van der Waals surface area contributed by atoms with Crippen LogP contribution in [0.25, 0.3) is 16.8 Å². The Labute approximate surface area is 179 Å². The number of hydrogen-bond donors (Lipinski definition) is 0. The first kappa shape index (κ1) is 21.1. The van der Waals surface area contributed by atoms with Crippen LogP contribution >= 0.6 is 0 Å². The molecule has 31 heavy (non-hydrogen) atoms. The van der Waals surface area contributed by atoms with Gasteiger partial charge in [0.25, 0.3) is 5.56 Å². The van der Waals surface area contributed by atoms with Crippen LogP contribution in [0, 0.1) is 0 Å². The predicted octanol–water partition coefficient (Wildman–Crippen LogP) is 2.25. The Hall–Kier alpha value is -3.17. The van der Waals surface area contributed by atoms with Crippen molar-refractivity contribution < 1.29 is 18.6 Å². The van der Waals surface area contributed by atoms with Crippen LogP contribution in [0.4, 0.5) is 4.39 Å². The van der Waals surface area contributed by atoms with Crippen molar-refractivity contribution in [2.75, 3.05) is 46.3 Å². The number of morpholine rings is 1. The van der Waals surface area contributed by atoms with Crippen molar-refractivity contribution in [3.05, 3.63) is 59.3 Å². The van der Waals surface area contributed by atoms with Gasteiger partial charge in [-0.2, -0.15) is 5.10 Å². The molecule has 9 heteroatoms. The van der Waals surface area contributed by atoms with Crippen molar-refractivity contribution in [3.63, 3.8) is 0 Å². The normalized spacial score (nSPS) is 14.5. The molecule has 164 valence electrons. The van der Waals surface area contributed by atoms with Gasteiger partial charge in [0.2, 0.25) is 6.86 Å². The molecule has 0 spiro atoms. The summed E-state index contributed by atoms with van der Waals surface area (Å²) in [6.45, 7) is 3.53. The maximum Gasteiger partial charge on any atom is 0.258 e. The van der Waals surface area contributed by atoms with Gasteiger partial charge < -0.3 is 14.2 Å². The Kier molecular flexibility index (Phi) is 6.63. The van der Waals surface area contributed by atoms with E-state index in [0.29, 0.717) is 23.8 Å². The molecule has 1 aromatic carbocycles. The summed E-state index contributed by atoms with van der Waals surface area (Å²) in [7, 11) is 1.84. The van der Waals surface area contributed by atoms with E-state index in [-0.39, 0.29) is 5.56 Å². The van der Waals surface area contributed by atoms with E-state index in [1.807, 2.05) is 13.2 Å². The maximum atomic E-state index is 12.8. The zero-order valence-corrected chi connectivity index (χ0v) is 17.4. The number of aryl methyl sites for hydroxylation is 1. The Morgan fingerprint density at radius 3 is 2.58 bits per heavy atom. The summed E-state index contributed by atoms with van der Waals surface area (Å²) in [5.41, 5.74) is 2.02. The van der Waals surface area contributed by atoms with Crippen molar-refractivity contribution in [2.45, 2.75) is 0 Å². The zero-order valence-electron chi connectivity index (χ0n) is 17.4. The molecule has 0 aliphatic carbocycles. The Morgan fingerprint density at radius 1 is 1.13 bits per heavy atom. The smallest absolute Gasteiger partial charge is 0.258 e. The lowest BCUT2D eigenvalue weighted by molar-refractivity contribution is 0.0323. The van der Waals surface area contributed by atoms with Gasteiger partial charge in [0, 0.05) is 62.0 Å². The van der Waals surface area contributed by atoms with E-state index in [4.69, 9.17) is 14.2 Å². The fraction of sp³-hybridized carbons (Fsp3) is 0.364. The molecule has 0 N–H and O–H groups in total. The highest BCUT2D eigenvalue weighted by Crippen LogP contribution is 2.29. The van der Waals surface area contributed by atoms with Crippen LogP contribution in [0.5, 0.6) is 11.5 Å². The maximum absolute atomic E-state index is 12.8. The summed E-state index contributed by atoms with van der Waals surface area (Å²) >= 11 is 0. The van der Waals surface area contributed by atoms with Crippen LogP contribution in [0.15, 0.2) is 53.7 Å². The molecular weight excluding hydrogens is 403 g/mol. The van der Waals surface area contributed by atoms with Gasteiger partial charge in [-0.1, -0.05) is 0 Å². The Balaban J connectivity index is 1.61. The molecule has 3 heterocycles. The number of alkyl halides is 1. The summed E-state index contributed by atoms with van der Waals surface area (Å²) in [5, 5.41) is 4.24. The van der Waals surface area contributed by atoms with Crippen LogP contribution < -0.4 is 15.0 Å². The third-order valence-electron chi connectivity index (χ3n) is 5.14. The van der Waals surface area contributed by atoms with Crippen molar-refractivity contribution in [1.82, 2.24) is 19.2 Å². The lowest BCUT2D eigenvalue weighted by Gasteiger charge is -2.26. The van der Waals surface area contributed by atoms with Gasteiger partial charge in [-0.15, -0.1) is 0 Å². The number of rotatable bonds is 8. The second-order valence-corrected chi connectivity index (χ2v) is 7.21. The van der Waals surface area contributed by atoms with Crippen molar-refractivity contribution >= 4 is 0 Å². The van der Waals surface area contributed by atoms with E-state index in [2.05, 4.69) is 10.00 Å². The first-order chi connectivity index (χ1) is 15.1. The highest BCUT2D eigenvalue weighted by atomic mass is 19.1. The SMILES string of the molecule is Cn1cc(-c2cn(-c3ccc(OCF)cc3)c(=O)cc2OCCN2CCOCC2)cn1. The molecule has 1 saturated heterocycles. The molecule has 4 rings (SSSR count). The van der Waals surface area contributed by atoms with Crippen molar-refractivity contribution in [2.24, 2.45) is 7.05 Å². The van der Waals surface area contributed by atoms with Gasteiger partial charge in [-0.05, 0) is 24.3 Å². The number of ether oxygens (including phenoxy) is 3. The third-order valence-corrected chi connectivity index (χ3v) is 5.14. The minimum Gasteiger partial charge on any atom is -0.491 e. The van der Waals surface area contributed by atoms with Crippen molar-refractivity contribution in [1.29, 1.82) is 0 Å². The summed E-state index contributed by atoms with van der Waals surface area (Å²) in [6.07, 6.45) is 5.35. The summed E-state index contributed by atoms with van der Waals surface area (Å²) in [5.74, 6) is 0.912. The van der Waals surface area contributed by atoms with Gasteiger partial charge in [0.1, 0.15) is 18.1 Å². The number of hydrogen-bond acceptors (Lipinski definition) is 6. The van der Waals surface area contributed by atoms with E-state index in [1.54, 1.807) is 41.3 Å². The van der Waals surface area contributed by atoms with E-state index in [9.17, 15) is 9.18 Å². The molecule has 0 bridgehead atoms. The molecule has 0 radical (unpaired) electrons. The number of pyridine rings is 1. The number of benzene rings is 1. The minimum absolute atomic E-state index is 0.229. The van der Waals surface area contributed by atoms with E-state index in [1.165, 1.54) is 10.6 Å². The fourth-order valence-corrected chi connectivity index (χ4v) is 3.49. The van der Waals surface area contributed by atoms with Crippen LogP contribution in [0.3, 0.4) is 0 Å². The van der Waals surface area contributed by atoms with E-state index < -0.39 is 6.86 Å². The molecule has 3 aromatic rings. The van der Waals surface area contributed by atoms with Gasteiger partial charge in [-0.3, -0.25) is 18.9 Å². The fourth-order valence-electron chi connectivity index (χ4n) is 3.49. The van der Waals surface area contributed by atoms with Crippen LogP contribution in [-0.4, -0.2) is 65.6 Å². The van der Waals surface area contributed by atoms with Crippen LogP contribution in [0.2, 0.25) is 0 Å². The third kappa shape index (κ3) is 5.12. The molecule has 0 unspecified atom stereocenters.